The lowest BCUT2D eigenvalue weighted by Gasteiger charge is -2.34. The highest BCUT2D eigenvalue weighted by atomic mass is 16.5. The summed E-state index contributed by atoms with van der Waals surface area (Å²) in [5, 5.41) is 3.10. The van der Waals surface area contributed by atoms with E-state index in [1.807, 2.05) is 107 Å². The Morgan fingerprint density at radius 3 is 2.08 bits per heavy atom. The van der Waals surface area contributed by atoms with Crippen LogP contribution in [0.4, 0.5) is 0 Å². The number of para-hydroxylation sites is 1. The zero-order valence-electron chi connectivity index (χ0n) is 23.9. The van der Waals surface area contributed by atoms with Crippen LogP contribution in [0.15, 0.2) is 78.9 Å². The number of amides is 2. The summed E-state index contributed by atoms with van der Waals surface area (Å²) in [6.07, 6.45) is 0.402. The van der Waals surface area contributed by atoms with Crippen LogP contribution in [0.2, 0.25) is 0 Å². The second-order valence-electron chi connectivity index (χ2n) is 11.9. The zero-order chi connectivity index (χ0) is 27.9. The fourth-order valence-electron chi connectivity index (χ4n) is 4.41. The summed E-state index contributed by atoms with van der Waals surface area (Å²) in [4.78, 5) is 29.3. The highest BCUT2D eigenvalue weighted by molar-refractivity contribution is 5.89. The Hall–Kier alpha value is -3.60. The molecule has 0 aliphatic rings. The molecule has 0 saturated heterocycles. The quantitative estimate of drug-likeness (QED) is 0.368. The first kappa shape index (κ1) is 29.0. The Morgan fingerprint density at radius 2 is 1.45 bits per heavy atom. The molecule has 0 heterocycles. The molecule has 0 spiro atoms. The zero-order valence-corrected chi connectivity index (χ0v) is 23.9. The van der Waals surface area contributed by atoms with E-state index in [2.05, 4.69) is 26.1 Å². The molecule has 0 unspecified atom stereocenters. The molecular formula is C33H42N2O3. The van der Waals surface area contributed by atoms with Crippen molar-refractivity contribution in [3.8, 4) is 5.75 Å². The highest BCUT2D eigenvalue weighted by Crippen LogP contribution is 2.31. The van der Waals surface area contributed by atoms with E-state index in [4.69, 9.17) is 4.74 Å². The van der Waals surface area contributed by atoms with Gasteiger partial charge in [-0.25, -0.2) is 0 Å². The molecule has 5 nitrogen and oxygen atoms in total. The minimum Gasteiger partial charge on any atom is -0.483 e. The van der Waals surface area contributed by atoms with Crippen molar-refractivity contribution in [1.29, 1.82) is 0 Å². The van der Waals surface area contributed by atoms with Crippen molar-refractivity contribution in [3.63, 3.8) is 0 Å². The first-order valence-corrected chi connectivity index (χ1v) is 13.3. The van der Waals surface area contributed by atoms with Gasteiger partial charge in [0.2, 0.25) is 5.91 Å². The van der Waals surface area contributed by atoms with Crippen molar-refractivity contribution in [2.75, 3.05) is 6.61 Å². The number of benzene rings is 3. The normalized spacial score (nSPS) is 12.5. The summed E-state index contributed by atoms with van der Waals surface area (Å²) >= 11 is 0. The molecule has 5 heteroatoms. The van der Waals surface area contributed by atoms with Crippen LogP contribution >= 0.6 is 0 Å². The van der Waals surface area contributed by atoms with Crippen LogP contribution in [-0.4, -0.2) is 34.9 Å². The van der Waals surface area contributed by atoms with Gasteiger partial charge in [0, 0.05) is 18.5 Å². The third-order valence-electron chi connectivity index (χ3n) is 6.42. The molecule has 0 aromatic heterocycles. The number of rotatable bonds is 9. The topological polar surface area (TPSA) is 58.6 Å². The molecule has 0 aliphatic carbocycles. The largest absolute Gasteiger partial charge is 0.483 e. The molecule has 202 valence electrons. The summed E-state index contributed by atoms with van der Waals surface area (Å²) in [5.74, 6) is 0.267. The summed E-state index contributed by atoms with van der Waals surface area (Å²) in [6, 6.07) is 24.9. The lowest BCUT2D eigenvalue weighted by Crippen LogP contribution is -2.55. The van der Waals surface area contributed by atoms with Gasteiger partial charge in [-0.2, -0.15) is 0 Å². The Balaban J connectivity index is 1.97. The lowest BCUT2D eigenvalue weighted by atomic mass is 9.86. The van der Waals surface area contributed by atoms with E-state index in [9.17, 15) is 9.59 Å². The maximum absolute atomic E-state index is 13.9. The van der Waals surface area contributed by atoms with E-state index in [-0.39, 0.29) is 23.8 Å². The van der Waals surface area contributed by atoms with E-state index >= 15 is 0 Å². The monoisotopic (exact) mass is 514 g/mol. The number of hydrogen-bond donors (Lipinski definition) is 1. The predicted molar refractivity (Wildman–Crippen MR) is 154 cm³/mol. The van der Waals surface area contributed by atoms with Gasteiger partial charge in [0.05, 0.1) is 0 Å². The molecule has 1 atom stereocenters. The van der Waals surface area contributed by atoms with Crippen LogP contribution in [0.25, 0.3) is 0 Å². The minimum atomic E-state index is -0.704. The van der Waals surface area contributed by atoms with Crippen molar-refractivity contribution in [2.24, 2.45) is 0 Å². The second-order valence-corrected chi connectivity index (χ2v) is 11.9. The van der Waals surface area contributed by atoms with Crippen molar-refractivity contribution in [2.45, 2.75) is 78.4 Å². The molecular weight excluding hydrogens is 472 g/mol. The van der Waals surface area contributed by atoms with E-state index in [1.165, 1.54) is 0 Å². The number of nitrogens with zero attached hydrogens (tertiary/aromatic N) is 1. The first-order valence-electron chi connectivity index (χ1n) is 13.3. The van der Waals surface area contributed by atoms with Gasteiger partial charge in [0.25, 0.3) is 5.91 Å². The van der Waals surface area contributed by atoms with Crippen molar-refractivity contribution in [3.05, 3.63) is 101 Å². The molecule has 0 bridgehead atoms. The number of nitrogens with one attached hydrogen (secondary N) is 1. The molecule has 0 radical (unpaired) electrons. The van der Waals surface area contributed by atoms with Crippen molar-refractivity contribution in [1.82, 2.24) is 10.2 Å². The molecule has 2 amide bonds. The Labute approximate surface area is 228 Å². The van der Waals surface area contributed by atoms with Crippen molar-refractivity contribution < 1.29 is 14.3 Å². The van der Waals surface area contributed by atoms with Crippen LogP contribution in [-0.2, 0) is 28.0 Å². The standard InChI is InChI=1S/C33H42N2O3/c1-24-15-11-12-18-26(24)22-35(30(36)23-38-29-20-14-13-19-27(29)32(2,3)4)28(31(37)34-33(5,6)7)21-25-16-9-8-10-17-25/h8-20,28H,21-23H2,1-7H3,(H,34,37)/t28-/m1/s1. The van der Waals surface area contributed by atoms with Gasteiger partial charge in [-0.3, -0.25) is 9.59 Å². The lowest BCUT2D eigenvalue weighted by molar-refractivity contribution is -0.143. The average molecular weight is 515 g/mol. The predicted octanol–water partition coefficient (Wildman–Crippen LogP) is 6.23. The summed E-state index contributed by atoms with van der Waals surface area (Å²) in [7, 11) is 0. The van der Waals surface area contributed by atoms with Gasteiger partial charge in [-0.15, -0.1) is 0 Å². The van der Waals surface area contributed by atoms with Gasteiger partial charge in [-0.1, -0.05) is 93.6 Å². The van der Waals surface area contributed by atoms with Gasteiger partial charge >= 0.3 is 0 Å². The second kappa shape index (κ2) is 12.3. The molecule has 3 aromatic rings. The summed E-state index contributed by atoms with van der Waals surface area (Å²) < 4.78 is 6.13. The summed E-state index contributed by atoms with van der Waals surface area (Å²) in [5.41, 5.74) is 3.51. The summed E-state index contributed by atoms with van der Waals surface area (Å²) in [6.45, 7) is 14.4. The van der Waals surface area contributed by atoms with Gasteiger partial charge in [0.15, 0.2) is 6.61 Å². The minimum absolute atomic E-state index is 0.136. The van der Waals surface area contributed by atoms with E-state index in [1.54, 1.807) is 4.90 Å². The average Bonchev–Trinajstić information content (AvgIpc) is 2.85. The fraction of sp³-hybridized carbons (Fsp3) is 0.394. The van der Waals surface area contributed by atoms with E-state index < -0.39 is 11.6 Å². The van der Waals surface area contributed by atoms with Gasteiger partial charge < -0.3 is 15.0 Å². The molecule has 0 fully saturated rings. The third-order valence-corrected chi connectivity index (χ3v) is 6.42. The van der Waals surface area contributed by atoms with Crippen molar-refractivity contribution >= 4 is 11.8 Å². The number of ether oxygens (including phenoxy) is 1. The highest BCUT2D eigenvalue weighted by Gasteiger charge is 2.33. The van der Waals surface area contributed by atoms with Crippen LogP contribution in [0.1, 0.15) is 63.8 Å². The Morgan fingerprint density at radius 1 is 0.842 bits per heavy atom. The van der Waals surface area contributed by atoms with E-state index in [0.717, 1.165) is 22.3 Å². The van der Waals surface area contributed by atoms with Crippen LogP contribution in [0.3, 0.4) is 0 Å². The molecule has 1 N–H and O–H groups in total. The maximum Gasteiger partial charge on any atom is 0.261 e. The Bertz CT molecular complexity index is 1220. The smallest absolute Gasteiger partial charge is 0.261 e. The number of hydrogen-bond acceptors (Lipinski definition) is 3. The molecule has 3 aromatic carbocycles. The molecule has 3 rings (SSSR count). The van der Waals surface area contributed by atoms with Crippen LogP contribution in [0, 0.1) is 6.92 Å². The van der Waals surface area contributed by atoms with Crippen LogP contribution in [0.5, 0.6) is 5.75 Å². The van der Waals surface area contributed by atoms with Crippen LogP contribution < -0.4 is 10.1 Å². The Kier molecular flexibility index (Phi) is 9.37. The fourth-order valence-corrected chi connectivity index (χ4v) is 4.41. The third kappa shape index (κ3) is 8.20. The van der Waals surface area contributed by atoms with E-state index in [0.29, 0.717) is 18.7 Å². The van der Waals surface area contributed by atoms with Gasteiger partial charge in [0.1, 0.15) is 11.8 Å². The first-order chi connectivity index (χ1) is 17.8. The number of carbonyl (C=O) groups excluding carboxylic acids is 2. The number of carbonyl (C=O) groups is 2. The molecule has 0 saturated carbocycles. The van der Waals surface area contributed by atoms with Gasteiger partial charge in [-0.05, 0) is 61.4 Å². The molecule has 0 aliphatic heterocycles. The SMILES string of the molecule is Cc1ccccc1CN(C(=O)COc1ccccc1C(C)(C)C)[C@H](Cc1ccccc1)C(=O)NC(C)(C)C. The molecule has 38 heavy (non-hydrogen) atoms. The maximum atomic E-state index is 13.9. The number of aryl methyl sites for hydroxylation is 1.